The van der Waals surface area contributed by atoms with E-state index in [4.69, 9.17) is 4.74 Å². The molecule has 0 radical (unpaired) electrons. The standard InChI is InChI=1S/C8H8N2O/c1-11-8-4-2-3-7-5-9-6-10(7)8/h2-6H,1H3. The number of methoxy groups -OCH3 is 1. The van der Waals surface area contributed by atoms with Gasteiger partial charge in [-0.3, -0.25) is 4.40 Å². The number of ether oxygens (including phenoxy) is 1. The Balaban J connectivity index is 2.79. The second-order valence-electron chi connectivity index (χ2n) is 2.26. The average Bonchev–Trinajstić information content (AvgIpc) is 2.50. The third-order valence-corrected chi connectivity index (χ3v) is 1.62. The molecule has 0 fully saturated rings. The molecule has 56 valence electrons. The molecule has 0 aromatic carbocycles. The van der Waals surface area contributed by atoms with Crippen molar-refractivity contribution in [1.29, 1.82) is 0 Å². The van der Waals surface area contributed by atoms with E-state index in [1.807, 2.05) is 22.6 Å². The Labute approximate surface area is 64.2 Å². The van der Waals surface area contributed by atoms with E-state index in [2.05, 4.69) is 4.98 Å². The molecular weight excluding hydrogens is 140 g/mol. The highest BCUT2D eigenvalue weighted by atomic mass is 16.5. The van der Waals surface area contributed by atoms with Crippen LogP contribution in [0.4, 0.5) is 0 Å². The van der Waals surface area contributed by atoms with Gasteiger partial charge in [-0.25, -0.2) is 4.98 Å². The van der Waals surface area contributed by atoms with Crippen LogP contribution in [0.25, 0.3) is 5.52 Å². The Morgan fingerprint density at radius 2 is 2.36 bits per heavy atom. The SMILES string of the molecule is COc1cccc2cncn12. The fraction of sp³-hybridized carbons (Fsp3) is 0.125. The summed E-state index contributed by atoms with van der Waals surface area (Å²) in [6.07, 6.45) is 3.52. The molecule has 2 heterocycles. The highest BCUT2D eigenvalue weighted by Crippen LogP contribution is 2.12. The summed E-state index contributed by atoms with van der Waals surface area (Å²) in [4.78, 5) is 3.99. The Kier molecular flexibility index (Phi) is 1.28. The van der Waals surface area contributed by atoms with Crippen molar-refractivity contribution in [2.75, 3.05) is 7.11 Å². The molecule has 0 spiro atoms. The molecule has 0 saturated carbocycles. The highest BCUT2D eigenvalue weighted by Gasteiger charge is 1.96. The molecule has 0 bridgehead atoms. The first-order chi connectivity index (χ1) is 5.42. The van der Waals surface area contributed by atoms with E-state index in [0.29, 0.717) is 0 Å². The molecule has 0 amide bonds. The number of nitrogens with zero attached hydrogens (tertiary/aromatic N) is 2. The van der Waals surface area contributed by atoms with E-state index < -0.39 is 0 Å². The van der Waals surface area contributed by atoms with Crippen molar-refractivity contribution in [1.82, 2.24) is 9.38 Å². The van der Waals surface area contributed by atoms with Gasteiger partial charge in [0.05, 0.1) is 18.8 Å². The fourth-order valence-electron chi connectivity index (χ4n) is 1.09. The van der Waals surface area contributed by atoms with Gasteiger partial charge >= 0.3 is 0 Å². The zero-order valence-electron chi connectivity index (χ0n) is 6.19. The van der Waals surface area contributed by atoms with E-state index in [0.717, 1.165) is 11.4 Å². The van der Waals surface area contributed by atoms with Crippen molar-refractivity contribution in [3.8, 4) is 5.88 Å². The van der Waals surface area contributed by atoms with Crippen LogP contribution in [-0.2, 0) is 0 Å². The van der Waals surface area contributed by atoms with Crippen LogP contribution >= 0.6 is 0 Å². The van der Waals surface area contributed by atoms with E-state index in [1.54, 1.807) is 19.6 Å². The van der Waals surface area contributed by atoms with Gasteiger partial charge in [-0.1, -0.05) is 6.07 Å². The lowest BCUT2D eigenvalue weighted by Gasteiger charge is -2.01. The van der Waals surface area contributed by atoms with Gasteiger partial charge < -0.3 is 4.74 Å². The molecule has 2 rings (SSSR count). The van der Waals surface area contributed by atoms with Gasteiger partial charge in [0.1, 0.15) is 6.33 Å². The lowest BCUT2D eigenvalue weighted by Crippen LogP contribution is -1.90. The zero-order valence-corrected chi connectivity index (χ0v) is 6.19. The maximum absolute atomic E-state index is 5.11. The third kappa shape index (κ3) is 0.852. The van der Waals surface area contributed by atoms with Gasteiger partial charge in [0.25, 0.3) is 0 Å². The molecule has 2 aromatic heterocycles. The largest absolute Gasteiger partial charge is 0.482 e. The third-order valence-electron chi connectivity index (χ3n) is 1.62. The maximum Gasteiger partial charge on any atom is 0.199 e. The second-order valence-corrected chi connectivity index (χ2v) is 2.26. The fourth-order valence-corrected chi connectivity index (χ4v) is 1.09. The van der Waals surface area contributed by atoms with Crippen LogP contribution in [0.1, 0.15) is 0 Å². The molecule has 0 saturated heterocycles. The normalized spacial score (nSPS) is 10.3. The lowest BCUT2D eigenvalue weighted by atomic mass is 10.4. The molecule has 3 heteroatoms. The van der Waals surface area contributed by atoms with Crippen molar-refractivity contribution in [2.24, 2.45) is 0 Å². The summed E-state index contributed by atoms with van der Waals surface area (Å²) >= 11 is 0. The van der Waals surface area contributed by atoms with Crippen LogP contribution in [0.3, 0.4) is 0 Å². The predicted octanol–water partition coefficient (Wildman–Crippen LogP) is 1.34. The number of aromatic nitrogens is 2. The predicted molar refractivity (Wildman–Crippen MR) is 41.7 cm³/mol. The molecule has 0 aliphatic rings. The summed E-state index contributed by atoms with van der Waals surface area (Å²) in [5, 5.41) is 0. The topological polar surface area (TPSA) is 26.5 Å². The van der Waals surface area contributed by atoms with Crippen molar-refractivity contribution in [3.63, 3.8) is 0 Å². The van der Waals surface area contributed by atoms with Crippen LogP contribution in [0.2, 0.25) is 0 Å². The van der Waals surface area contributed by atoms with E-state index >= 15 is 0 Å². The Hall–Kier alpha value is -1.51. The first kappa shape index (κ1) is 6.22. The van der Waals surface area contributed by atoms with Crippen LogP contribution in [0.5, 0.6) is 5.88 Å². The minimum atomic E-state index is 0.806. The van der Waals surface area contributed by atoms with Crippen LogP contribution in [0.15, 0.2) is 30.7 Å². The number of pyridine rings is 1. The molecule has 3 nitrogen and oxygen atoms in total. The highest BCUT2D eigenvalue weighted by molar-refractivity contribution is 5.47. The number of fused-ring (bicyclic) bond motifs is 1. The molecular formula is C8H8N2O. The smallest absolute Gasteiger partial charge is 0.199 e. The van der Waals surface area contributed by atoms with E-state index in [-0.39, 0.29) is 0 Å². The summed E-state index contributed by atoms with van der Waals surface area (Å²) in [6.45, 7) is 0. The van der Waals surface area contributed by atoms with E-state index in [9.17, 15) is 0 Å². The number of hydrogen-bond acceptors (Lipinski definition) is 2. The summed E-state index contributed by atoms with van der Waals surface area (Å²) < 4.78 is 7.00. The molecule has 0 aliphatic carbocycles. The molecule has 2 aromatic rings. The second kappa shape index (κ2) is 2.27. The Morgan fingerprint density at radius 3 is 3.18 bits per heavy atom. The van der Waals surface area contributed by atoms with Crippen molar-refractivity contribution in [3.05, 3.63) is 30.7 Å². The van der Waals surface area contributed by atoms with Gasteiger partial charge in [-0.15, -0.1) is 0 Å². The van der Waals surface area contributed by atoms with Gasteiger partial charge in [-0.05, 0) is 12.1 Å². The Morgan fingerprint density at radius 1 is 1.45 bits per heavy atom. The number of rotatable bonds is 1. The van der Waals surface area contributed by atoms with Gasteiger partial charge in [0.15, 0.2) is 5.88 Å². The van der Waals surface area contributed by atoms with Crippen molar-refractivity contribution in [2.45, 2.75) is 0 Å². The van der Waals surface area contributed by atoms with Crippen LogP contribution in [-0.4, -0.2) is 16.5 Å². The summed E-state index contributed by atoms with van der Waals surface area (Å²) in [5.41, 5.74) is 1.05. The van der Waals surface area contributed by atoms with Crippen LogP contribution < -0.4 is 4.74 Å². The number of imidazole rings is 1. The summed E-state index contributed by atoms with van der Waals surface area (Å²) in [7, 11) is 1.65. The van der Waals surface area contributed by atoms with Crippen LogP contribution in [0, 0.1) is 0 Å². The van der Waals surface area contributed by atoms with Crippen molar-refractivity contribution < 1.29 is 4.74 Å². The minimum Gasteiger partial charge on any atom is -0.482 e. The quantitative estimate of drug-likeness (QED) is 0.610. The molecule has 11 heavy (non-hydrogen) atoms. The molecule has 0 unspecified atom stereocenters. The first-order valence-electron chi connectivity index (χ1n) is 3.37. The number of hydrogen-bond donors (Lipinski definition) is 0. The summed E-state index contributed by atoms with van der Waals surface area (Å²) in [5.74, 6) is 0.806. The molecule has 0 N–H and O–H groups in total. The maximum atomic E-state index is 5.11. The first-order valence-corrected chi connectivity index (χ1v) is 3.37. The van der Waals surface area contributed by atoms with Crippen molar-refractivity contribution >= 4 is 5.52 Å². The van der Waals surface area contributed by atoms with Gasteiger partial charge in [-0.2, -0.15) is 0 Å². The zero-order chi connectivity index (χ0) is 7.68. The minimum absolute atomic E-state index is 0.806. The van der Waals surface area contributed by atoms with Gasteiger partial charge in [0, 0.05) is 0 Å². The Bertz CT molecular complexity index is 367. The lowest BCUT2D eigenvalue weighted by molar-refractivity contribution is 0.392. The molecule has 0 atom stereocenters. The summed E-state index contributed by atoms with van der Waals surface area (Å²) in [6, 6.07) is 5.82. The van der Waals surface area contributed by atoms with Gasteiger partial charge in [0.2, 0.25) is 0 Å². The monoisotopic (exact) mass is 148 g/mol. The molecule has 0 aliphatic heterocycles. The average molecular weight is 148 g/mol. The van der Waals surface area contributed by atoms with E-state index in [1.165, 1.54) is 0 Å².